The summed E-state index contributed by atoms with van der Waals surface area (Å²) >= 11 is 0. The van der Waals surface area contributed by atoms with E-state index in [2.05, 4.69) is 37.8 Å². The molecule has 4 aliphatic rings. The van der Waals surface area contributed by atoms with Crippen LogP contribution >= 0.6 is 0 Å². The van der Waals surface area contributed by atoms with E-state index >= 15 is 0 Å². The van der Waals surface area contributed by atoms with Crippen LogP contribution in [0.1, 0.15) is 169 Å². The van der Waals surface area contributed by atoms with Gasteiger partial charge in [0.1, 0.15) is 47.8 Å². The van der Waals surface area contributed by atoms with Gasteiger partial charge in [0.25, 0.3) is 0 Å². The van der Waals surface area contributed by atoms with Gasteiger partial charge in [0.15, 0.2) is 22.8 Å². The number of methoxy groups -OCH3 is 2. The molecule has 0 bridgehead atoms. The summed E-state index contributed by atoms with van der Waals surface area (Å²) in [4.78, 5) is 141. The maximum absolute atomic E-state index is 14.4. The van der Waals surface area contributed by atoms with Crippen molar-refractivity contribution in [2.75, 3.05) is 40.5 Å². The number of aromatic nitrogens is 6. The maximum Gasteiger partial charge on any atom is 0.509 e. The lowest BCUT2D eigenvalue weighted by Gasteiger charge is -2.43. The van der Waals surface area contributed by atoms with Gasteiger partial charge in [-0.3, -0.25) is 38.7 Å². The molecule has 596 valence electrons. The number of ether oxygens (including phenoxy) is 9. The molecule has 8 rings (SSSR count). The van der Waals surface area contributed by atoms with Crippen LogP contribution in [0.2, 0.25) is 0 Å². The number of cyclic esters (lactones) is 2. The lowest BCUT2D eigenvalue weighted by atomic mass is 9.73. The van der Waals surface area contributed by atoms with Crippen molar-refractivity contribution in [2.45, 2.75) is 247 Å². The highest BCUT2D eigenvalue weighted by Crippen LogP contribution is 2.45. The Morgan fingerprint density at radius 2 is 1.00 bits per heavy atom. The third-order valence-corrected chi connectivity index (χ3v) is 21.7. The van der Waals surface area contributed by atoms with Crippen molar-refractivity contribution in [1.82, 2.24) is 38.9 Å². The van der Waals surface area contributed by atoms with Crippen LogP contribution < -0.4 is 0 Å². The Kier molecular flexibility index (Phi) is 31.7. The summed E-state index contributed by atoms with van der Waals surface area (Å²) in [5, 5.41) is 11.3. The molecule has 4 saturated heterocycles. The first kappa shape index (κ1) is 88.4. The number of aliphatic hydroxyl groups excluding tert-OH is 1. The number of amides is 2. The summed E-state index contributed by atoms with van der Waals surface area (Å²) in [6, 6.07) is 6.14. The van der Waals surface area contributed by atoms with Gasteiger partial charge in [0.05, 0.1) is 66.1 Å². The van der Waals surface area contributed by atoms with E-state index in [4.69, 9.17) is 37.9 Å². The number of ketones is 4. The Labute approximate surface area is 636 Å². The number of hydrogen-bond acceptors (Lipinski definition) is 23. The van der Waals surface area contributed by atoms with Crippen LogP contribution in [-0.4, -0.2) is 202 Å². The van der Waals surface area contributed by atoms with E-state index in [0.29, 0.717) is 45.4 Å². The molecule has 27 nitrogen and oxygen atoms in total. The van der Waals surface area contributed by atoms with Gasteiger partial charge in [0, 0.05) is 124 Å². The number of imidazole rings is 2. The number of nitrogens with zero attached hydrogens (tertiary/aromatic N) is 8. The largest absolute Gasteiger partial charge is 0.509 e. The zero-order valence-corrected chi connectivity index (χ0v) is 66.9. The molecule has 1 N–H and O–H groups in total. The molecule has 0 radical (unpaired) electrons. The first-order valence-corrected chi connectivity index (χ1v) is 37.7. The summed E-state index contributed by atoms with van der Waals surface area (Å²) in [5.41, 5.74) is -2.02. The molecule has 108 heavy (non-hydrogen) atoms. The van der Waals surface area contributed by atoms with Crippen LogP contribution in [0.15, 0.2) is 99.4 Å². The summed E-state index contributed by atoms with van der Waals surface area (Å²) < 4.78 is 55.4. The average molecular weight is 1510 g/mol. The van der Waals surface area contributed by atoms with Gasteiger partial charge in [-0.15, -0.1) is 6.58 Å². The smallest absolute Gasteiger partial charge is 0.458 e. The number of aryl methyl sites for hydroxylation is 2. The molecule has 0 aromatic carbocycles. The lowest BCUT2D eigenvalue weighted by Crippen LogP contribution is -2.58. The monoisotopic (exact) mass is 1510 g/mol. The number of unbranched alkanes of at least 4 members (excludes halogenated alkanes) is 2. The Balaban J connectivity index is 0.000000296. The number of Topliss-reactive ketones (excluding diaryl/α,β-unsaturated/α-hetero) is 4. The lowest BCUT2D eigenvalue weighted by molar-refractivity contribution is -0.177. The topological polar surface area (TPSA) is 325 Å². The van der Waals surface area contributed by atoms with Gasteiger partial charge >= 0.3 is 30.3 Å². The zero-order valence-electron chi connectivity index (χ0n) is 66.9. The van der Waals surface area contributed by atoms with Crippen molar-refractivity contribution in [3.63, 3.8) is 0 Å². The number of rotatable bonds is 21. The van der Waals surface area contributed by atoms with E-state index < -0.39 is 148 Å². The summed E-state index contributed by atoms with van der Waals surface area (Å²) in [6.45, 7) is 38.8. The minimum absolute atomic E-state index is 0.0952. The van der Waals surface area contributed by atoms with E-state index in [1.807, 2.05) is 80.4 Å². The predicted molar refractivity (Wildman–Crippen MR) is 402 cm³/mol. The van der Waals surface area contributed by atoms with E-state index in [1.54, 1.807) is 123 Å². The molecule has 18 atom stereocenters. The van der Waals surface area contributed by atoms with Gasteiger partial charge in [-0.2, -0.15) is 0 Å². The van der Waals surface area contributed by atoms with Gasteiger partial charge in [0.2, 0.25) is 0 Å². The highest BCUT2D eigenvalue weighted by atomic mass is 16.7. The molecule has 0 aliphatic carbocycles. The first-order chi connectivity index (χ1) is 50.8. The zero-order chi connectivity index (χ0) is 80.4. The number of esters is 2. The fourth-order valence-corrected chi connectivity index (χ4v) is 15.7. The van der Waals surface area contributed by atoms with Crippen molar-refractivity contribution in [3.8, 4) is 22.5 Å². The van der Waals surface area contributed by atoms with Crippen LogP contribution in [0.4, 0.5) is 14.4 Å². The number of aliphatic hydroxyl groups is 1. The molecule has 0 unspecified atom stereocenters. The van der Waals surface area contributed by atoms with Crippen molar-refractivity contribution in [3.05, 3.63) is 99.4 Å². The third-order valence-electron chi connectivity index (χ3n) is 21.7. The Morgan fingerprint density at radius 3 is 1.38 bits per heavy atom. The molecule has 4 fully saturated rings. The van der Waals surface area contributed by atoms with Crippen molar-refractivity contribution >= 4 is 53.4 Å². The quantitative estimate of drug-likeness (QED) is 0.0266. The molecule has 0 spiro atoms. The molecular formula is C81H118N8O19. The average Bonchev–Trinajstić information content (AvgIpc) is 1.58. The molecule has 8 heterocycles. The molecule has 2 amide bonds. The SMILES string of the molecule is C=CCOC(=O)OC(C)(C)C.C=CCO[C@@H]1[C@@H](C)C(=O)[C@@H](C)C(=O)O[C@H](CC)[C@@]2(C)OC(=O)N(CCCCn3cnc(-c4cccnc4)c3)[C@@H]2[C@@H](C)C(=O)[C@H](C)C[C@]1(C)OC.CC[C@H]1OC(=O)[C@H](C)C(=O)[C@H](C)[C@@H](O)[C@@](C)(OC)C[C@@H](C)C(=O)[C@H](C)[C@H]2N(CCCCn3cnc(-c4cccnc4)c3)C(=O)O[C@]12C. The minimum Gasteiger partial charge on any atom is -0.458 e. The number of carbonyl (C=O) groups is 9. The van der Waals surface area contributed by atoms with Gasteiger partial charge in [-0.1, -0.05) is 74.1 Å². The normalized spacial score (nSPS) is 31.0. The van der Waals surface area contributed by atoms with Crippen molar-refractivity contribution < 1.29 is 90.9 Å². The second-order valence-electron chi connectivity index (χ2n) is 30.9. The minimum atomic E-state index is -1.36. The van der Waals surface area contributed by atoms with Crippen LogP contribution in [-0.2, 0) is 84.5 Å². The molecule has 0 saturated carbocycles. The van der Waals surface area contributed by atoms with E-state index in [9.17, 15) is 48.3 Å². The molecule has 4 aromatic heterocycles. The van der Waals surface area contributed by atoms with Crippen LogP contribution in [0, 0.1) is 47.3 Å². The van der Waals surface area contributed by atoms with E-state index in [-0.39, 0.29) is 49.8 Å². The van der Waals surface area contributed by atoms with Crippen molar-refractivity contribution in [2.24, 2.45) is 47.3 Å². The fraction of sp³-hybridized carbons (Fsp3) is 0.642. The first-order valence-electron chi connectivity index (χ1n) is 37.7. The summed E-state index contributed by atoms with van der Waals surface area (Å²) in [5.74, 6) is -9.14. The summed E-state index contributed by atoms with van der Waals surface area (Å²) in [6.07, 6.45) is 15.5. The highest BCUT2D eigenvalue weighted by molar-refractivity contribution is 6.01. The second kappa shape index (κ2) is 38.7. The Morgan fingerprint density at radius 1 is 0.593 bits per heavy atom. The van der Waals surface area contributed by atoms with Crippen LogP contribution in [0.5, 0.6) is 0 Å². The molecular weight excluding hydrogens is 1390 g/mol. The van der Waals surface area contributed by atoms with E-state index in [1.165, 1.54) is 34.1 Å². The van der Waals surface area contributed by atoms with Crippen LogP contribution in [0.25, 0.3) is 22.5 Å². The second-order valence-corrected chi connectivity index (χ2v) is 30.9. The highest BCUT2D eigenvalue weighted by Gasteiger charge is 2.62. The Bertz CT molecular complexity index is 3710. The number of hydrogen-bond donors (Lipinski definition) is 1. The third kappa shape index (κ3) is 21.3. The van der Waals surface area contributed by atoms with Gasteiger partial charge in [-0.25, -0.2) is 24.4 Å². The van der Waals surface area contributed by atoms with Crippen LogP contribution in [0.3, 0.4) is 0 Å². The van der Waals surface area contributed by atoms with Crippen molar-refractivity contribution in [1.29, 1.82) is 0 Å². The molecule has 27 heteroatoms. The predicted octanol–water partition coefficient (Wildman–Crippen LogP) is 12.3. The summed E-state index contributed by atoms with van der Waals surface area (Å²) in [7, 11) is 2.96. The van der Waals surface area contributed by atoms with Gasteiger partial charge in [-0.05, 0) is 138 Å². The van der Waals surface area contributed by atoms with E-state index in [0.717, 1.165) is 35.4 Å². The maximum atomic E-state index is 14.4. The molecule has 4 aliphatic heterocycles. The molecule has 4 aromatic rings. The fourth-order valence-electron chi connectivity index (χ4n) is 15.7. The number of carbonyl (C=O) groups excluding carboxylic acids is 9. The Hall–Kier alpha value is -8.53. The standard InChI is InChI=1S/C38H54N4O8.C35H50N4O8.C8H14O3/c1-10-19-48-34-26(5)32(44)27(6)35(45)49-30(11-2)38(8)33(25(4)31(43)24(3)20-37(34,7)47-9)42(36(46)50-38)18-13-12-17-41-22-29(40-23-41)28-15-14-16-39-21-28;1-9-27-35(7)30(39(33(44)47-35)16-11-10-15-38-19-26(37-20-38)25-13-12-14-36-18-25)22(3)28(40)21(2)17-34(6,45-8)31(42)23(4)29(41)24(5)32(43)46-27;1-5-6-10-7(9)11-8(2,3)4/h10,14-16,21-27,30,33-34H,1,11-13,17-20H2,2-9H3;12-14,18-24,27,30-31,42H,9-11,15-17H2,1-8H3;5H,1,6H2,2-4H3/t24-,25+,26+,27-,30-,33-,34-,37+,38-;21-,22+,23+,24-,27-,30-,31-,34+,35-;/m11./s1. The number of pyridine rings is 2. The number of fused-ring (bicyclic) bond motifs is 2. The van der Waals surface area contributed by atoms with Gasteiger partial charge < -0.3 is 66.7 Å².